The Hall–Kier alpha value is -1.69. The van der Waals surface area contributed by atoms with Crippen LogP contribution in [0.1, 0.15) is 30.3 Å². The van der Waals surface area contributed by atoms with Crippen LogP contribution in [0, 0.1) is 6.92 Å². The van der Waals surface area contributed by atoms with Crippen molar-refractivity contribution in [2.24, 2.45) is 7.05 Å². The van der Waals surface area contributed by atoms with Gasteiger partial charge in [-0.15, -0.1) is 10.2 Å². The maximum Gasteiger partial charge on any atom is 0.141 e. The largest absolute Gasteiger partial charge is 0.317 e. The van der Waals surface area contributed by atoms with E-state index >= 15 is 0 Å². The van der Waals surface area contributed by atoms with Gasteiger partial charge in [0.15, 0.2) is 0 Å². The average molecular weight is 246 g/mol. The van der Waals surface area contributed by atoms with Gasteiger partial charge in [0.2, 0.25) is 0 Å². The van der Waals surface area contributed by atoms with Crippen molar-refractivity contribution in [3.8, 4) is 5.82 Å². The number of hydrogen-bond donors (Lipinski definition) is 1. The molecule has 0 atom stereocenters. The Kier molecular flexibility index (Phi) is 2.87. The van der Waals surface area contributed by atoms with Crippen molar-refractivity contribution in [3.63, 3.8) is 0 Å². The van der Waals surface area contributed by atoms with Gasteiger partial charge in [-0.1, -0.05) is 0 Å². The minimum Gasteiger partial charge on any atom is -0.317 e. The van der Waals surface area contributed by atoms with Gasteiger partial charge in [-0.3, -0.25) is 9.25 Å². The molecule has 0 unspecified atom stereocenters. The number of aromatic nitrogens is 5. The predicted octanol–water partition coefficient (Wildman–Crippen LogP) is 0.776. The molecule has 0 amide bonds. The Morgan fingerprint density at radius 3 is 2.78 bits per heavy atom. The first-order valence-electron chi connectivity index (χ1n) is 6.37. The van der Waals surface area contributed by atoms with E-state index in [1.807, 2.05) is 18.7 Å². The van der Waals surface area contributed by atoms with E-state index in [-0.39, 0.29) is 0 Å². The Bertz CT molecular complexity index is 535. The first-order valence-corrected chi connectivity index (χ1v) is 6.37. The molecule has 6 nitrogen and oxygen atoms in total. The number of piperidine rings is 1. The van der Waals surface area contributed by atoms with Gasteiger partial charge in [-0.25, -0.2) is 0 Å². The van der Waals surface area contributed by atoms with Gasteiger partial charge in [0.25, 0.3) is 0 Å². The summed E-state index contributed by atoms with van der Waals surface area (Å²) in [6, 6.07) is 2.06. The lowest BCUT2D eigenvalue weighted by molar-refractivity contribution is 0.439. The van der Waals surface area contributed by atoms with Crippen LogP contribution in [-0.4, -0.2) is 37.6 Å². The second-order valence-corrected chi connectivity index (χ2v) is 4.85. The minimum absolute atomic E-state index is 0.490. The third kappa shape index (κ3) is 1.92. The average Bonchev–Trinajstić information content (AvgIpc) is 2.96. The molecule has 6 heteroatoms. The van der Waals surface area contributed by atoms with Crippen LogP contribution in [0.15, 0.2) is 12.4 Å². The van der Waals surface area contributed by atoms with Crippen LogP contribution in [-0.2, 0) is 7.05 Å². The van der Waals surface area contributed by atoms with Gasteiger partial charge in [0.1, 0.15) is 18.0 Å². The third-order valence-corrected chi connectivity index (χ3v) is 3.50. The number of nitrogens with zero attached hydrogens (tertiary/aromatic N) is 5. The predicted molar refractivity (Wildman–Crippen MR) is 67.7 cm³/mol. The Labute approximate surface area is 106 Å². The zero-order valence-corrected chi connectivity index (χ0v) is 10.8. The fourth-order valence-electron chi connectivity index (χ4n) is 2.60. The number of rotatable bonds is 2. The monoisotopic (exact) mass is 246 g/mol. The summed E-state index contributed by atoms with van der Waals surface area (Å²) in [5.74, 6) is 2.58. The van der Waals surface area contributed by atoms with Gasteiger partial charge >= 0.3 is 0 Å². The molecule has 0 aliphatic carbocycles. The molecule has 2 aromatic rings. The SMILES string of the molecule is Cc1cc(-n2cnnc2C2CCNCC2)n(C)n1. The van der Waals surface area contributed by atoms with Gasteiger partial charge in [0, 0.05) is 19.0 Å². The highest BCUT2D eigenvalue weighted by atomic mass is 15.4. The van der Waals surface area contributed by atoms with Crippen molar-refractivity contribution in [3.05, 3.63) is 23.9 Å². The maximum atomic E-state index is 4.38. The summed E-state index contributed by atoms with van der Waals surface area (Å²) in [7, 11) is 1.95. The smallest absolute Gasteiger partial charge is 0.141 e. The zero-order valence-electron chi connectivity index (χ0n) is 10.8. The van der Waals surface area contributed by atoms with Crippen molar-refractivity contribution in [1.82, 2.24) is 29.9 Å². The molecule has 3 rings (SSSR count). The van der Waals surface area contributed by atoms with Gasteiger partial charge in [-0.05, 0) is 32.9 Å². The van der Waals surface area contributed by atoms with E-state index in [9.17, 15) is 0 Å². The third-order valence-electron chi connectivity index (χ3n) is 3.50. The van der Waals surface area contributed by atoms with Crippen molar-refractivity contribution >= 4 is 0 Å². The zero-order chi connectivity index (χ0) is 12.5. The first kappa shape index (κ1) is 11.4. The summed E-state index contributed by atoms with van der Waals surface area (Å²) in [5.41, 5.74) is 1.01. The molecule has 0 bridgehead atoms. The fourth-order valence-corrected chi connectivity index (χ4v) is 2.60. The molecule has 1 N–H and O–H groups in total. The van der Waals surface area contributed by atoms with Crippen LogP contribution in [0.25, 0.3) is 5.82 Å². The highest BCUT2D eigenvalue weighted by Crippen LogP contribution is 2.25. The lowest BCUT2D eigenvalue weighted by Gasteiger charge is -2.22. The minimum atomic E-state index is 0.490. The van der Waals surface area contributed by atoms with Crippen molar-refractivity contribution < 1.29 is 0 Å². The Morgan fingerprint density at radius 1 is 1.33 bits per heavy atom. The molecule has 2 aromatic heterocycles. The molecule has 0 aromatic carbocycles. The second-order valence-electron chi connectivity index (χ2n) is 4.85. The van der Waals surface area contributed by atoms with Crippen LogP contribution < -0.4 is 5.32 Å². The van der Waals surface area contributed by atoms with Crippen LogP contribution >= 0.6 is 0 Å². The van der Waals surface area contributed by atoms with Crippen LogP contribution in [0.2, 0.25) is 0 Å². The quantitative estimate of drug-likeness (QED) is 0.850. The molecular weight excluding hydrogens is 228 g/mol. The van der Waals surface area contributed by atoms with Gasteiger partial charge < -0.3 is 5.32 Å². The van der Waals surface area contributed by atoms with Crippen molar-refractivity contribution in [1.29, 1.82) is 0 Å². The number of nitrogens with one attached hydrogen (secondary N) is 1. The van der Waals surface area contributed by atoms with Crippen molar-refractivity contribution in [2.45, 2.75) is 25.7 Å². The summed E-state index contributed by atoms with van der Waals surface area (Å²) >= 11 is 0. The lowest BCUT2D eigenvalue weighted by Crippen LogP contribution is -2.28. The molecule has 1 fully saturated rings. The highest BCUT2D eigenvalue weighted by Gasteiger charge is 2.22. The van der Waals surface area contributed by atoms with Gasteiger partial charge in [0.05, 0.1) is 5.69 Å². The summed E-state index contributed by atoms with van der Waals surface area (Å²) in [4.78, 5) is 0. The molecule has 0 saturated carbocycles. The summed E-state index contributed by atoms with van der Waals surface area (Å²) in [6.45, 7) is 4.11. The van der Waals surface area contributed by atoms with E-state index in [2.05, 4.69) is 31.2 Å². The molecule has 3 heterocycles. The molecule has 96 valence electrons. The molecule has 0 radical (unpaired) electrons. The summed E-state index contributed by atoms with van der Waals surface area (Å²) in [5, 5.41) is 16.1. The number of aryl methyl sites for hydroxylation is 2. The highest BCUT2D eigenvalue weighted by molar-refractivity contribution is 5.27. The van der Waals surface area contributed by atoms with Crippen LogP contribution in [0.3, 0.4) is 0 Å². The van der Waals surface area contributed by atoms with Gasteiger partial charge in [-0.2, -0.15) is 5.10 Å². The molecule has 0 spiro atoms. The van der Waals surface area contributed by atoms with Crippen LogP contribution in [0.4, 0.5) is 0 Å². The topological polar surface area (TPSA) is 60.6 Å². The maximum absolute atomic E-state index is 4.38. The normalized spacial score (nSPS) is 17.2. The van der Waals surface area contributed by atoms with E-state index in [4.69, 9.17) is 0 Å². The number of hydrogen-bond acceptors (Lipinski definition) is 4. The van der Waals surface area contributed by atoms with Crippen LogP contribution in [0.5, 0.6) is 0 Å². The molecular formula is C12H18N6. The van der Waals surface area contributed by atoms with E-state index in [1.54, 1.807) is 6.33 Å². The fraction of sp³-hybridized carbons (Fsp3) is 0.583. The van der Waals surface area contributed by atoms with E-state index in [1.165, 1.54) is 0 Å². The molecule has 1 aliphatic rings. The standard InChI is InChI=1S/C12H18N6/c1-9-7-11(17(2)16-9)18-8-14-15-12(18)10-3-5-13-6-4-10/h7-8,10,13H,3-6H2,1-2H3. The molecule has 1 aliphatic heterocycles. The molecule has 18 heavy (non-hydrogen) atoms. The second kappa shape index (κ2) is 4.53. The van der Waals surface area contributed by atoms with E-state index in [0.717, 1.165) is 43.3 Å². The van der Waals surface area contributed by atoms with Crippen molar-refractivity contribution in [2.75, 3.05) is 13.1 Å². The van der Waals surface area contributed by atoms with E-state index in [0.29, 0.717) is 5.92 Å². The molecule has 1 saturated heterocycles. The van der Waals surface area contributed by atoms with E-state index < -0.39 is 0 Å². The Balaban J connectivity index is 1.98. The Morgan fingerprint density at radius 2 is 2.11 bits per heavy atom. The first-order chi connectivity index (χ1) is 8.75. The summed E-state index contributed by atoms with van der Waals surface area (Å²) in [6.07, 6.45) is 4.03. The lowest BCUT2D eigenvalue weighted by atomic mass is 9.97. The summed E-state index contributed by atoms with van der Waals surface area (Å²) < 4.78 is 3.94.